The number of halogens is 1. The van der Waals surface area contributed by atoms with Crippen molar-refractivity contribution in [3.8, 4) is 0 Å². The fraction of sp³-hybridized carbons (Fsp3) is 0.320. The van der Waals surface area contributed by atoms with Crippen molar-refractivity contribution in [1.82, 2.24) is 9.47 Å². The molecule has 0 saturated heterocycles. The van der Waals surface area contributed by atoms with Gasteiger partial charge in [0.1, 0.15) is 0 Å². The van der Waals surface area contributed by atoms with Crippen LogP contribution in [0.2, 0.25) is 5.02 Å². The van der Waals surface area contributed by atoms with E-state index in [9.17, 15) is 4.79 Å². The molecule has 0 aliphatic heterocycles. The van der Waals surface area contributed by atoms with Crippen molar-refractivity contribution in [2.75, 3.05) is 6.54 Å². The first-order chi connectivity index (χ1) is 14.1. The Hall–Kier alpha value is -2.52. The van der Waals surface area contributed by atoms with Crippen molar-refractivity contribution in [2.24, 2.45) is 0 Å². The van der Waals surface area contributed by atoms with E-state index in [2.05, 4.69) is 30.7 Å². The van der Waals surface area contributed by atoms with E-state index in [1.807, 2.05) is 59.5 Å². The minimum atomic E-state index is 0.0894. The predicted octanol–water partition coefficient (Wildman–Crippen LogP) is 6.19. The maximum absolute atomic E-state index is 13.2. The van der Waals surface area contributed by atoms with Crippen LogP contribution in [-0.2, 0) is 19.5 Å². The average molecular weight is 409 g/mol. The van der Waals surface area contributed by atoms with Crippen LogP contribution in [-0.4, -0.2) is 21.9 Å². The topological polar surface area (TPSA) is 25.2 Å². The molecule has 1 amide bonds. The smallest absolute Gasteiger partial charge is 0.254 e. The number of aromatic nitrogens is 1. The standard InChI is InChI=1S/C25H29ClN2O/c1-3-5-16-28(25(29)21-14-12-20(4-2)13-15-21)19-23-10-8-17-27(23)18-22-9-6-7-11-24(22)26/h6-15,17H,3-5,16,18-19H2,1-2H3. The van der Waals surface area contributed by atoms with Crippen molar-refractivity contribution in [3.63, 3.8) is 0 Å². The maximum atomic E-state index is 13.2. The van der Waals surface area contributed by atoms with Crippen LogP contribution in [0.15, 0.2) is 66.9 Å². The number of carbonyl (C=O) groups is 1. The summed E-state index contributed by atoms with van der Waals surface area (Å²) in [4.78, 5) is 15.2. The highest BCUT2D eigenvalue weighted by Gasteiger charge is 2.17. The van der Waals surface area contributed by atoms with Crippen LogP contribution in [0.3, 0.4) is 0 Å². The summed E-state index contributed by atoms with van der Waals surface area (Å²) in [6.45, 7) is 6.31. The Morgan fingerprint density at radius 2 is 1.76 bits per heavy atom. The third-order valence-electron chi connectivity index (χ3n) is 5.25. The maximum Gasteiger partial charge on any atom is 0.254 e. The van der Waals surface area contributed by atoms with Gasteiger partial charge in [0.25, 0.3) is 5.91 Å². The molecule has 152 valence electrons. The summed E-state index contributed by atoms with van der Waals surface area (Å²) in [5.41, 5.74) is 4.19. The van der Waals surface area contributed by atoms with Crippen LogP contribution < -0.4 is 0 Å². The second kappa shape index (κ2) is 10.3. The molecule has 0 N–H and O–H groups in total. The molecular formula is C25H29ClN2O. The van der Waals surface area contributed by atoms with Gasteiger partial charge >= 0.3 is 0 Å². The van der Waals surface area contributed by atoms with Gasteiger partial charge in [0, 0.05) is 35.6 Å². The lowest BCUT2D eigenvalue weighted by atomic mass is 10.1. The van der Waals surface area contributed by atoms with E-state index in [-0.39, 0.29) is 5.91 Å². The van der Waals surface area contributed by atoms with Crippen LogP contribution in [0.4, 0.5) is 0 Å². The highest BCUT2D eigenvalue weighted by Crippen LogP contribution is 2.19. The van der Waals surface area contributed by atoms with Crippen LogP contribution in [0.1, 0.15) is 53.9 Å². The Labute approximate surface area is 178 Å². The molecule has 0 atom stereocenters. The molecule has 0 bridgehead atoms. The molecule has 3 rings (SSSR count). The summed E-state index contributed by atoms with van der Waals surface area (Å²) < 4.78 is 2.17. The molecule has 0 aliphatic rings. The number of hydrogen-bond acceptors (Lipinski definition) is 1. The highest BCUT2D eigenvalue weighted by atomic mass is 35.5. The molecule has 1 aromatic heterocycles. The van der Waals surface area contributed by atoms with E-state index >= 15 is 0 Å². The molecule has 29 heavy (non-hydrogen) atoms. The monoisotopic (exact) mass is 408 g/mol. The molecule has 0 fully saturated rings. The van der Waals surface area contributed by atoms with Gasteiger partial charge in [-0.15, -0.1) is 0 Å². The van der Waals surface area contributed by atoms with Crippen molar-refractivity contribution in [2.45, 2.75) is 46.2 Å². The summed E-state index contributed by atoms with van der Waals surface area (Å²) in [5, 5.41) is 0.766. The number of nitrogens with zero attached hydrogens (tertiary/aromatic N) is 2. The third-order valence-corrected chi connectivity index (χ3v) is 5.62. The van der Waals surface area contributed by atoms with E-state index in [1.54, 1.807) is 0 Å². The minimum absolute atomic E-state index is 0.0894. The van der Waals surface area contributed by atoms with Gasteiger partial charge in [0.05, 0.1) is 6.54 Å². The van der Waals surface area contributed by atoms with Crippen LogP contribution in [0.5, 0.6) is 0 Å². The molecule has 3 nitrogen and oxygen atoms in total. The summed E-state index contributed by atoms with van der Waals surface area (Å²) in [6, 6.07) is 20.0. The zero-order valence-corrected chi connectivity index (χ0v) is 18.0. The summed E-state index contributed by atoms with van der Waals surface area (Å²) in [6.07, 6.45) is 5.07. The zero-order valence-electron chi connectivity index (χ0n) is 17.3. The number of benzene rings is 2. The number of amides is 1. The van der Waals surface area contributed by atoms with Gasteiger partial charge in [-0.25, -0.2) is 0 Å². The normalized spacial score (nSPS) is 10.9. The van der Waals surface area contributed by atoms with Crippen LogP contribution in [0.25, 0.3) is 0 Å². The lowest BCUT2D eigenvalue weighted by Gasteiger charge is -2.24. The first-order valence-corrected chi connectivity index (χ1v) is 10.8. The van der Waals surface area contributed by atoms with E-state index in [0.717, 1.165) is 47.7 Å². The Bertz CT molecular complexity index is 930. The van der Waals surface area contributed by atoms with Crippen molar-refractivity contribution in [3.05, 3.63) is 94.3 Å². The second-order valence-electron chi connectivity index (χ2n) is 7.35. The molecule has 4 heteroatoms. The van der Waals surface area contributed by atoms with Crippen LogP contribution in [0, 0.1) is 0 Å². The second-order valence-corrected chi connectivity index (χ2v) is 7.76. The van der Waals surface area contributed by atoms with Gasteiger partial charge in [-0.2, -0.15) is 0 Å². The molecule has 2 aromatic carbocycles. The van der Waals surface area contributed by atoms with Gasteiger partial charge in [-0.05, 0) is 54.3 Å². The lowest BCUT2D eigenvalue weighted by molar-refractivity contribution is 0.0737. The predicted molar refractivity (Wildman–Crippen MR) is 120 cm³/mol. The van der Waals surface area contributed by atoms with E-state index in [0.29, 0.717) is 13.1 Å². The molecule has 0 saturated carbocycles. The Morgan fingerprint density at radius 3 is 2.45 bits per heavy atom. The number of carbonyl (C=O) groups excluding carboxylic acids is 1. The zero-order chi connectivity index (χ0) is 20.6. The van der Waals surface area contributed by atoms with Gasteiger partial charge < -0.3 is 9.47 Å². The molecule has 0 radical (unpaired) electrons. The molecule has 1 heterocycles. The summed E-state index contributed by atoms with van der Waals surface area (Å²) in [7, 11) is 0. The van der Waals surface area contributed by atoms with E-state index < -0.39 is 0 Å². The summed E-state index contributed by atoms with van der Waals surface area (Å²) in [5.74, 6) is 0.0894. The minimum Gasteiger partial charge on any atom is -0.345 e. The van der Waals surface area contributed by atoms with Gasteiger partial charge in [0.2, 0.25) is 0 Å². The molecule has 0 unspecified atom stereocenters. The molecular weight excluding hydrogens is 380 g/mol. The largest absolute Gasteiger partial charge is 0.345 e. The van der Waals surface area contributed by atoms with Crippen LogP contribution >= 0.6 is 11.6 Å². The first-order valence-electron chi connectivity index (χ1n) is 10.4. The Kier molecular flexibility index (Phi) is 7.54. The first kappa shape index (κ1) is 21.2. The Balaban J connectivity index is 1.79. The lowest BCUT2D eigenvalue weighted by Crippen LogP contribution is -2.32. The van der Waals surface area contributed by atoms with E-state index in [1.165, 1.54) is 5.56 Å². The van der Waals surface area contributed by atoms with Crippen molar-refractivity contribution >= 4 is 17.5 Å². The SMILES string of the molecule is CCCCN(Cc1cccn1Cc1ccccc1Cl)C(=O)c1ccc(CC)cc1. The van der Waals surface area contributed by atoms with Crippen molar-refractivity contribution in [1.29, 1.82) is 0 Å². The average Bonchev–Trinajstić information content (AvgIpc) is 3.19. The Morgan fingerprint density at radius 1 is 1.00 bits per heavy atom. The molecule has 0 spiro atoms. The number of unbranched alkanes of at least 4 members (excludes halogenated alkanes) is 1. The summed E-state index contributed by atoms with van der Waals surface area (Å²) >= 11 is 6.35. The van der Waals surface area contributed by atoms with E-state index in [4.69, 9.17) is 11.6 Å². The number of hydrogen-bond donors (Lipinski definition) is 0. The van der Waals surface area contributed by atoms with Crippen molar-refractivity contribution < 1.29 is 4.79 Å². The fourth-order valence-corrected chi connectivity index (χ4v) is 3.62. The fourth-order valence-electron chi connectivity index (χ4n) is 3.42. The third kappa shape index (κ3) is 5.51. The molecule has 0 aliphatic carbocycles. The quantitative estimate of drug-likeness (QED) is 0.414. The molecule has 3 aromatic rings. The van der Waals surface area contributed by atoms with Gasteiger partial charge in [-0.3, -0.25) is 4.79 Å². The number of rotatable bonds is 9. The number of aryl methyl sites for hydroxylation is 1. The highest BCUT2D eigenvalue weighted by molar-refractivity contribution is 6.31. The van der Waals surface area contributed by atoms with Gasteiger partial charge in [-0.1, -0.05) is 62.2 Å². The van der Waals surface area contributed by atoms with Gasteiger partial charge in [0.15, 0.2) is 0 Å².